The Bertz CT molecular complexity index is 788. The van der Waals surface area contributed by atoms with Crippen LogP contribution in [0.25, 0.3) is 5.52 Å². The lowest BCUT2D eigenvalue weighted by atomic mass is 10.0. The van der Waals surface area contributed by atoms with Crippen LogP contribution >= 0.6 is 0 Å². The van der Waals surface area contributed by atoms with E-state index in [0.29, 0.717) is 5.52 Å². The van der Waals surface area contributed by atoms with Gasteiger partial charge < -0.3 is 5.11 Å². The molecule has 20 heavy (non-hydrogen) atoms. The maximum atomic E-state index is 13.7. The van der Waals surface area contributed by atoms with Crippen molar-refractivity contribution in [1.82, 2.24) is 14.6 Å². The van der Waals surface area contributed by atoms with Crippen LogP contribution in [0.3, 0.4) is 0 Å². The van der Waals surface area contributed by atoms with Gasteiger partial charge in [-0.2, -0.15) is 5.10 Å². The third-order valence-electron chi connectivity index (χ3n) is 3.01. The molecule has 0 aliphatic rings. The fourth-order valence-corrected chi connectivity index (χ4v) is 1.98. The summed E-state index contributed by atoms with van der Waals surface area (Å²) in [4.78, 5) is 3.88. The van der Waals surface area contributed by atoms with E-state index in [1.54, 1.807) is 6.20 Å². The summed E-state index contributed by atoms with van der Waals surface area (Å²) in [5.74, 6) is -4.34. The minimum atomic E-state index is -1.61. The van der Waals surface area contributed by atoms with Crippen molar-refractivity contribution < 1.29 is 18.3 Å². The van der Waals surface area contributed by atoms with Gasteiger partial charge in [-0.1, -0.05) is 6.07 Å². The molecule has 3 rings (SSSR count). The van der Waals surface area contributed by atoms with Crippen LogP contribution < -0.4 is 0 Å². The molecule has 2 aromatic heterocycles. The van der Waals surface area contributed by atoms with E-state index in [-0.39, 0.29) is 11.1 Å². The summed E-state index contributed by atoms with van der Waals surface area (Å²) < 4.78 is 41.2. The highest BCUT2D eigenvalue weighted by Gasteiger charge is 2.23. The van der Waals surface area contributed by atoms with Gasteiger partial charge in [0.2, 0.25) is 0 Å². The van der Waals surface area contributed by atoms with Crippen molar-refractivity contribution in [1.29, 1.82) is 0 Å². The second-order valence-electron chi connectivity index (χ2n) is 4.17. The average Bonchev–Trinajstić information content (AvgIpc) is 2.88. The Hall–Kier alpha value is -2.41. The Kier molecular flexibility index (Phi) is 2.90. The topological polar surface area (TPSA) is 50.4 Å². The molecule has 0 spiro atoms. The molecule has 1 unspecified atom stereocenters. The number of aromatic nitrogens is 3. The van der Waals surface area contributed by atoms with Gasteiger partial charge in [0.15, 0.2) is 17.5 Å². The van der Waals surface area contributed by atoms with Crippen LogP contribution in [0, 0.1) is 17.5 Å². The van der Waals surface area contributed by atoms with Crippen LogP contribution in [0.15, 0.2) is 36.9 Å². The van der Waals surface area contributed by atoms with Crippen LogP contribution in [-0.2, 0) is 0 Å². The maximum absolute atomic E-state index is 13.7. The summed E-state index contributed by atoms with van der Waals surface area (Å²) in [7, 11) is 0. The van der Waals surface area contributed by atoms with Crippen LogP contribution in [0.1, 0.15) is 17.2 Å². The minimum Gasteiger partial charge on any atom is -0.383 e. The fraction of sp³-hybridized carbons (Fsp3) is 0.0769. The van der Waals surface area contributed by atoms with Gasteiger partial charge in [0.25, 0.3) is 0 Å². The molecule has 0 saturated heterocycles. The summed E-state index contributed by atoms with van der Waals surface area (Å²) in [6.07, 6.45) is 4.33. The summed E-state index contributed by atoms with van der Waals surface area (Å²) in [6, 6.07) is 1.76. The second-order valence-corrected chi connectivity index (χ2v) is 4.17. The lowest BCUT2D eigenvalue weighted by Gasteiger charge is -2.11. The average molecular weight is 279 g/mol. The number of hydrogen-bond acceptors (Lipinski definition) is 3. The summed E-state index contributed by atoms with van der Waals surface area (Å²) in [6.45, 7) is 0. The number of aliphatic hydroxyl groups excluding tert-OH is 1. The zero-order chi connectivity index (χ0) is 14.3. The number of aliphatic hydroxyl groups is 1. The van der Waals surface area contributed by atoms with Crippen molar-refractivity contribution in [2.45, 2.75) is 6.10 Å². The van der Waals surface area contributed by atoms with Crippen LogP contribution in [0.2, 0.25) is 0 Å². The molecule has 0 saturated carbocycles. The first-order valence-electron chi connectivity index (χ1n) is 5.68. The predicted molar refractivity (Wildman–Crippen MR) is 63.4 cm³/mol. The number of hydrogen-bond donors (Lipinski definition) is 1. The molecule has 0 bridgehead atoms. The van der Waals surface area contributed by atoms with Crippen molar-refractivity contribution in [3.8, 4) is 0 Å². The SMILES string of the molecule is OC(c1ccc(F)c(F)c1F)c1cnn2ccncc12. The monoisotopic (exact) mass is 279 g/mol. The van der Waals surface area contributed by atoms with Gasteiger partial charge in [0.05, 0.1) is 17.9 Å². The number of halogens is 3. The molecule has 7 heteroatoms. The molecule has 0 aliphatic heterocycles. The third-order valence-corrected chi connectivity index (χ3v) is 3.01. The summed E-state index contributed by atoms with van der Waals surface area (Å²) in [5.41, 5.74) is 0.342. The molecule has 2 heterocycles. The highest BCUT2D eigenvalue weighted by molar-refractivity contribution is 5.55. The second kappa shape index (κ2) is 4.61. The lowest BCUT2D eigenvalue weighted by Crippen LogP contribution is -2.05. The van der Waals surface area contributed by atoms with E-state index in [1.807, 2.05) is 0 Å². The number of fused-ring (bicyclic) bond motifs is 1. The molecule has 0 amide bonds. The predicted octanol–water partition coefficient (Wildman–Crippen LogP) is 2.23. The first-order chi connectivity index (χ1) is 9.59. The molecule has 1 aromatic carbocycles. The Labute approximate surface area is 111 Å². The van der Waals surface area contributed by atoms with Gasteiger partial charge in [0.1, 0.15) is 6.10 Å². The zero-order valence-electron chi connectivity index (χ0n) is 9.96. The van der Waals surface area contributed by atoms with Crippen molar-refractivity contribution >= 4 is 5.52 Å². The largest absolute Gasteiger partial charge is 0.383 e. The standard InChI is InChI=1S/C13H8F3N3O/c14-9-2-1-7(11(15)12(9)16)13(20)8-5-18-19-4-3-17-6-10(8)19/h1-6,13,20H. The fourth-order valence-electron chi connectivity index (χ4n) is 1.98. The van der Waals surface area contributed by atoms with Crippen LogP contribution in [-0.4, -0.2) is 19.7 Å². The molecule has 1 atom stereocenters. The van der Waals surface area contributed by atoms with Gasteiger partial charge in [-0.15, -0.1) is 0 Å². The van der Waals surface area contributed by atoms with Crippen LogP contribution in [0.4, 0.5) is 13.2 Å². The molecule has 0 fully saturated rings. The van der Waals surface area contributed by atoms with Gasteiger partial charge in [0, 0.05) is 23.5 Å². The van der Waals surface area contributed by atoms with Crippen molar-refractivity contribution in [3.63, 3.8) is 0 Å². The number of rotatable bonds is 2. The third kappa shape index (κ3) is 1.83. The number of nitrogens with zero attached hydrogens (tertiary/aromatic N) is 3. The summed E-state index contributed by atoms with van der Waals surface area (Å²) >= 11 is 0. The Morgan fingerprint density at radius 1 is 1.05 bits per heavy atom. The van der Waals surface area contributed by atoms with Crippen LogP contribution in [0.5, 0.6) is 0 Å². The van der Waals surface area contributed by atoms with E-state index in [0.717, 1.165) is 12.1 Å². The quantitative estimate of drug-likeness (QED) is 0.732. The first kappa shape index (κ1) is 12.6. The maximum Gasteiger partial charge on any atom is 0.194 e. The zero-order valence-corrected chi connectivity index (χ0v) is 9.96. The smallest absolute Gasteiger partial charge is 0.194 e. The van der Waals surface area contributed by atoms with E-state index in [4.69, 9.17) is 0 Å². The molecule has 0 radical (unpaired) electrons. The van der Waals surface area contributed by atoms with E-state index in [1.165, 1.54) is 23.1 Å². The van der Waals surface area contributed by atoms with Gasteiger partial charge >= 0.3 is 0 Å². The highest BCUT2D eigenvalue weighted by Crippen LogP contribution is 2.28. The number of benzene rings is 1. The molecular formula is C13H8F3N3O. The molecule has 0 aliphatic carbocycles. The Morgan fingerprint density at radius 2 is 1.85 bits per heavy atom. The highest BCUT2D eigenvalue weighted by atomic mass is 19.2. The Balaban J connectivity index is 2.13. The molecule has 4 nitrogen and oxygen atoms in total. The molecular weight excluding hydrogens is 271 g/mol. The lowest BCUT2D eigenvalue weighted by molar-refractivity contribution is 0.214. The van der Waals surface area contributed by atoms with E-state index >= 15 is 0 Å². The van der Waals surface area contributed by atoms with Crippen molar-refractivity contribution in [2.75, 3.05) is 0 Å². The van der Waals surface area contributed by atoms with E-state index in [2.05, 4.69) is 10.1 Å². The van der Waals surface area contributed by atoms with Gasteiger partial charge in [-0.25, -0.2) is 17.7 Å². The van der Waals surface area contributed by atoms with Gasteiger partial charge in [-0.05, 0) is 6.07 Å². The molecule has 3 aromatic rings. The van der Waals surface area contributed by atoms with Crippen molar-refractivity contribution in [2.24, 2.45) is 0 Å². The van der Waals surface area contributed by atoms with Crippen molar-refractivity contribution in [3.05, 3.63) is 65.5 Å². The summed E-state index contributed by atoms with van der Waals surface area (Å²) in [5, 5.41) is 14.1. The normalized spacial score (nSPS) is 12.8. The first-order valence-corrected chi connectivity index (χ1v) is 5.68. The molecule has 102 valence electrons. The van der Waals surface area contributed by atoms with E-state index < -0.39 is 23.6 Å². The van der Waals surface area contributed by atoms with E-state index in [9.17, 15) is 18.3 Å². The molecule has 1 N–H and O–H groups in total. The minimum absolute atomic E-state index is 0.253. The Morgan fingerprint density at radius 3 is 2.65 bits per heavy atom. The van der Waals surface area contributed by atoms with Gasteiger partial charge in [-0.3, -0.25) is 4.98 Å².